The molecule has 2 rings (SSSR count). The minimum absolute atomic E-state index is 0.0711. The van der Waals surface area contributed by atoms with E-state index in [2.05, 4.69) is 15.6 Å². The molecule has 0 saturated carbocycles. The summed E-state index contributed by atoms with van der Waals surface area (Å²) in [5.74, 6) is -0.662. The number of hydrogen-bond acceptors (Lipinski definition) is 3. The fourth-order valence-electron chi connectivity index (χ4n) is 2.17. The van der Waals surface area contributed by atoms with E-state index in [1.807, 2.05) is 26.8 Å². The van der Waals surface area contributed by atoms with E-state index in [4.69, 9.17) is 11.6 Å². The van der Waals surface area contributed by atoms with E-state index in [1.54, 1.807) is 36.7 Å². The summed E-state index contributed by atoms with van der Waals surface area (Å²) >= 11 is 5.83. The Labute approximate surface area is 146 Å². The van der Waals surface area contributed by atoms with Gasteiger partial charge in [0, 0.05) is 16.8 Å². The van der Waals surface area contributed by atoms with E-state index >= 15 is 0 Å². The van der Waals surface area contributed by atoms with Crippen molar-refractivity contribution in [2.75, 3.05) is 5.32 Å². The van der Waals surface area contributed by atoms with Crippen LogP contribution in [0.3, 0.4) is 0 Å². The highest BCUT2D eigenvalue weighted by Gasteiger charge is 2.25. The Morgan fingerprint density at radius 2 is 1.79 bits per heavy atom. The van der Waals surface area contributed by atoms with E-state index < -0.39 is 6.04 Å². The largest absolute Gasteiger partial charge is 0.340 e. The quantitative estimate of drug-likeness (QED) is 0.872. The molecule has 2 aromatic rings. The lowest BCUT2D eigenvalue weighted by Crippen LogP contribution is -2.47. The van der Waals surface area contributed by atoms with Gasteiger partial charge < -0.3 is 10.6 Å². The van der Waals surface area contributed by atoms with Crippen molar-refractivity contribution in [3.05, 3.63) is 58.9 Å². The monoisotopic (exact) mass is 345 g/mol. The second kappa shape index (κ2) is 7.93. The number of nitrogens with one attached hydrogen (secondary N) is 2. The Kier molecular flexibility index (Phi) is 5.93. The molecule has 1 heterocycles. The Balaban J connectivity index is 2.11. The molecule has 126 valence electrons. The highest BCUT2D eigenvalue weighted by atomic mass is 35.5. The van der Waals surface area contributed by atoms with E-state index in [1.165, 1.54) is 0 Å². The van der Waals surface area contributed by atoms with Gasteiger partial charge in [-0.05, 0) is 48.7 Å². The van der Waals surface area contributed by atoms with Crippen molar-refractivity contribution in [1.82, 2.24) is 10.3 Å². The fourth-order valence-corrected chi connectivity index (χ4v) is 2.29. The van der Waals surface area contributed by atoms with Gasteiger partial charge in [-0.3, -0.25) is 14.6 Å². The molecule has 0 aliphatic rings. The van der Waals surface area contributed by atoms with E-state index in [9.17, 15) is 9.59 Å². The third-order valence-electron chi connectivity index (χ3n) is 3.64. The average Bonchev–Trinajstić information content (AvgIpc) is 2.54. The highest BCUT2D eigenvalue weighted by Crippen LogP contribution is 2.14. The van der Waals surface area contributed by atoms with Crippen molar-refractivity contribution in [2.24, 2.45) is 5.92 Å². The third kappa shape index (κ3) is 4.55. The van der Waals surface area contributed by atoms with Crippen LogP contribution in [0.15, 0.2) is 42.7 Å². The van der Waals surface area contributed by atoms with Crippen molar-refractivity contribution >= 4 is 29.1 Å². The van der Waals surface area contributed by atoms with Gasteiger partial charge in [0.15, 0.2) is 0 Å². The van der Waals surface area contributed by atoms with Crippen molar-refractivity contribution in [3.63, 3.8) is 0 Å². The van der Waals surface area contributed by atoms with E-state index in [0.717, 1.165) is 5.56 Å². The normalized spacial score (nSPS) is 11.9. The Morgan fingerprint density at radius 3 is 2.38 bits per heavy atom. The first-order chi connectivity index (χ1) is 11.4. The topological polar surface area (TPSA) is 71.1 Å². The summed E-state index contributed by atoms with van der Waals surface area (Å²) in [6, 6.07) is 7.68. The number of anilines is 1. The van der Waals surface area contributed by atoms with Crippen LogP contribution in [0, 0.1) is 12.8 Å². The van der Waals surface area contributed by atoms with Crippen LogP contribution in [0.25, 0.3) is 0 Å². The maximum atomic E-state index is 12.6. The number of carbonyl (C=O) groups is 2. The minimum atomic E-state index is -0.659. The minimum Gasteiger partial charge on any atom is -0.340 e. The lowest BCUT2D eigenvalue weighted by atomic mass is 10.0. The van der Waals surface area contributed by atoms with Gasteiger partial charge in [0.25, 0.3) is 5.91 Å². The molecule has 1 atom stereocenters. The van der Waals surface area contributed by atoms with Gasteiger partial charge in [-0.25, -0.2) is 0 Å². The number of aryl methyl sites for hydroxylation is 1. The van der Waals surface area contributed by atoms with Gasteiger partial charge in [0.2, 0.25) is 5.91 Å². The van der Waals surface area contributed by atoms with Crippen molar-refractivity contribution in [3.8, 4) is 0 Å². The Hall–Kier alpha value is -2.40. The van der Waals surface area contributed by atoms with E-state index in [0.29, 0.717) is 16.3 Å². The molecule has 0 bridgehead atoms. The summed E-state index contributed by atoms with van der Waals surface area (Å²) in [6.07, 6.45) is 3.25. The molecule has 0 aliphatic carbocycles. The van der Waals surface area contributed by atoms with Gasteiger partial charge in [0.05, 0.1) is 11.9 Å². The summed E-state index contributed by atoms with van der Waals surface area (Å²) < 4.78 is 0. The number of hydrogen-bond donors (Lipinski definition) is 2. The second-order valence-electron chi connectivity index (χ2n) is 5.88. The number of rotatable bonds is 5. The second-order valence-corrected chi connectivity index (χ2v) is 6.32. The van der Waals surface area contributed by atoms with Gasteiger partial charge in [0.1, 0.15) is 6.04 Å². The Bertz CT molecular complexity index is 729. The van der Waals surface area contributed by atoms with Gasteiger partial charge in [-0.1, -0.05) is 25.4 Å². The van der Waals surface area contributed by atoms with Crippen LogP contribution in [-0.4, -0.2) is 22.8 Å². The smallest absolute Gasteiger partial charge is 0.251 e. The van der Waals surface area contributed by atoms with Crippen LogP contribution < -0.4 is 10.6 Å². The van der Waals surface area contributed by atoms with Crippen LogP contribution in [0.5, 0.6) is 0 Å². The molecule has 0 radical (unpaired) electrons. The summed E-state index contributed by atoms with van der Waals surface area (Å²) in [7, 11) is 0. The summed E-state index contributed by atoms with van der Waals surface area (Å²) in [6.45, 7) is 5.64. The third-order valence-corrected chi connectivity index (χ3v) is 3.89. The van der Waals surface area contributed by atoms with Gasteiger partial charge in [-0.15, -0.1) is 0 Å². The highest BCUT2D eigenvalue weighted by molar-refractivity contribution is 6.30. The first-order valence-electron chi connectivity index (χ1n) is 7.66. The molecule has 2 amide bonds. The molecule has 1 unspecified atom stereocenters. The molecule has 0 fully saturated rings. The summed E-state index contributed by atoms with van der Waals surface area (Å²) in [5, 5.41) is 6.15. The number of benzene rings is 1. The molecular formula is C18H20ClN3O2. The Morgan fingerprint density at radius 1 is 1.12 bits per heavy atom. The lowest BCUT2D eigenvalue weighted by Gasteiger charge is -2.22. The molecule has 1 aromatic heterocycles. The predicted octanol–water partition coefficient (Wildman–Crippen LogP) is 3.44. The molecule has 5 nitrogen and oxygen atoms in total. The SMILES string of the molecule is Cc1ccncc1NC(=O)C(NC(=O)c1ccc(Cl)cc1)C(C)C. The number of amides is 2. The molecule has 6 heteroatoms. The van der Waals surface area contributed by atoms with Crippen molar-refractivity contribution in [1.29, 1.82) is 0 Å². The predicted molar refractivity (Wildman–Crippen MR) is 95.1 cm³/mol. The van der Waals surface area contributed by atoms with Crippen LogP contribution in [0.1, 0.15) is 29.8 Å². The molecule has 2 N–H and O–H groups in total. The summed E-state index contributed by atoms with van der Waals surface area (Å²) in [5.41, 5.74) is 1.99. The number of carbonyl (C=O) groups excluding carboxylic acids is 2. The van der Waals surface area contributed by atoms with Crippen LogP contribution >= 0.6 is 11.6 Å². The first-order valence-corrected chi connectivity index (χ1v) is 8.04. The fraction of sp³-hybridized carbons (Fsp3) is 0.278. The number of halogens is 1. The van der Waals surface area contributed by atoms with Crippen LogP contribution in [-0.2, 0) is 4.79 Å². The molecule has 0 saturated heterocycles. The maximum absolute atomic E-state index is 12.6. The van der Waals surface area contributed by atoms with Crippen LogP contribution in [0.2, 0.25) is 5.02 Å². The van der Waals surface area contributed by atoms with Gasteiger partial charge in [-0.2, -0.15) is 0 Å². The van der Waals surface area contributed by atoms with Gasteiger partial charge >= 0.3 is 0 Å². The zero-order chi connectivity index (χ0) is 17.7. The number of nitrogens with zero attached hydrogens (tertiary/aromatic N) is 1. The first kappa shape index (κ1) is 17.9. The summed E-state index contributed by atoms with van der Waals surface area (Å²) in [4.78, 5) is 28.9. The van der Waals surface area contributed by atoms with Crippen molar-refractivity contribution < 1.29 is 9.59 Å². The van der Waals surface area contributed by atoms with Crippen LogP contribution in [0.4, 0.5) is 5.69 Å². The average molecular weight is 346 g/mol. The molecular weight excluding hydrogens is 326 g/mol. The zero-order valence-electron chi connectivity index (χ0n) is 13.8. The lowest BCUT2D eigenvalue weighted by molar-refractivity contribution is -0.118. The van der Waals surface area contributed by atoms with E-state index in [-0.39, 0.29) is 17.7 Å². The number of aromatic nitrogens is 1. The maximum Gasteiger partial charge on any atom is 0.251 e. The molecule has 0 aliphatic heterocycles. The zero-order valence-corrected chi connectivity index (χ0v) is 14.6. The molecule has 1 aromatic carbocycles. The van der Waals surface area contributed by atoms with Crippen molar-refractivity contribution in [2.45, 2.75) is 26.8 Å². The molecule has 24 heavy (non-hydrogen) atoms. The molecule has 0 spiro atoms. The number of pyridine rings is 1. The standard InChI is InChI=1S/C18H20ClN3O2/c1-11(2)16(18(24)21-15-10-20-9-8-12(15)3)22-17(23)13-4-6-14(19)7-5-13/h4-11,16H,1-3H3,(H,21,24)(H,22,23).